The molecule has 21 heavy (non-hydrogen) atoms. The monoisotopic (exact) mass is 285 g/mol. The first-order valence-corrected chi connectivity index (χ1v) is 7.34. The Morgan fingerprint density at radius 3 is 3.00 bits per heavy atom. The maximum atomic E-state index is 12.5. The first-order valence-electron chi connectivity index (χ1n) is 7.34. The first-order chi connectivity index (χ1) is 10.1. The van der Waals surface area contributed by atoms with Gasteiger partial charge in [-0.1, -0.05) is 23.4 Å². The first kappa shape index (κ1) is 13.8. The predicted molar refractivity (Wildman–Crippen MR) is 79.1 cm³/mol. The van der Waals surface area contributed by atoms with Crippen LogP contribution in [-0.4, -0.2) is 22.1 Å². The van der Waals surface area contributed by atoms with E-state index < -0.39 is 0 Å². The second kappa shape index (κ2) is 5.68. The van der Waals surface area contributed by atoms with Crippen molar-refractivity contribution in [2.24, 2.45) is 0 Å². The number of anilines is 1. The van der Waals surface area contributed by atoms with E-state index in [1.54, 1.807) is 6.92 Å². The highest BCUT2D eigenvalue weighted by molar-refractivity contribution is 5.96. The lowest BCUT2D eigenvalue weighted by atomic mass is 10.1. The largest absolute Gasteiger partial charge is 0.339 e. The summed E-state index contributed by atoms with van der Waals surface area (Å²) >= 11 is 0. The molecule has 0 bridgehead atoms. The lowest BCUT2D eigenvalue weighted by Gasteiger charge is -2.22. The van der Waals surface area contributed by atoms with E-state index in [9.17, 15) is 4.79 Å². The Balaban J connectivity index is 1.60. The van der Waals surface area contributed by atoms with E-state index >= 15 is 0 Å². The number of aryl methyl sites for hydroxylation is 2. The molecule has 3 rings (SSSR count). The van der Waals surface area contributed by atoms with Crippen molar-refractivity contribution < 1.29 is 9.32 Å². The highest BCUT2D eigenvalue weighted by Crippen LogP contribution is 2.32. The molecule has 110 valence electrons. The molecule has 5 heteroatoms. The molecule has 0 fully saturated rings. The van der Waals surface area contributed by atoms with Gasteiger partial charge in [-0.3, -0.25) is 4.79 Å². The molecule has 0 unspecified atom stereocenters. The van der Waals surface area contributed by atoms with Gasteiger partial charge in [0.1, 0.15) is 0 Å². The van der Waals surface area contributed by atoms with Gasteiger partial charge < -0.3 is 9.42 Å². The summed E-state index contributed by atoms with van der Waals surface area (Å²) in [7, 11) is 0. The molecule has 1 aromatic heterocycles. The van der Waals surface area contributed by atoms with E-state index in [-0.39, 0.29) is 11.9 Å². The molecule has 0 N–H and O–H groups in total. The SMILES string of the molecule is Cc1noc(CCCC(=O)N2c3ccccc3C[C@H]2C)n1. The Morgan fingerprint density at radius 2 is 2.24 bits per heavy atom. The number of hydrogen-bond acceptors (Lipinski definition) is 4. The summed E-state index contributed by atoms with van der Waals surface area (Å²) in [5.74, 6) is 1.41. The topological polar surface area (TPSA) is 59.2 Å². The van der Waals surface area contributed by atoms with E-state index in [4.69, 9.17) is 4.52 Å². The molecular weight excluding hydrogens is 266 g/mol. The maximum absolute atomic E-state index is 12.5. The Kier molecular flexibility index (Phi) is 3.73. The number of benzene rings is 1. The molecule has 1 aromatic carbocycles. The number of nitrogens with zero attached hydrogens (tertiary/aromatic N) is 3. The summed E-state index contributed by atoms with van der Waals surface area (Å²) in [6.45, 7) is 3.89. The van der Waals surface area contributed by atoms with E-state index in [2.05, 4.69) is 23.1 Å². The van der Waals surface area contributed by atoms with Gasteiger partial charge in [0.15, 0.2) is 5.82 Å². The van der Waals surface area contributed by atoms with Crippen LogP contribution in [-0.2, 0) is 17.6 Å². The van der Waals surface area contributed by atoms with E-state index in [0.29, 0.717) is 24.6 Å². The van der Waals surface area contributed by atoms with Crippen molar-refractivity contribution in [3.63, 3.8) is 0 Å². The quantitative estimate of drug-likeness (QED) is 0.866. The Labute approximate surface area is 124 Å². The van der Waals surface area contributed by atoms with Gasteiger partial charge in [0.05, 0.1) is 0 Å². The summed E-state index contributed by atoms with van der Waals surface area (Å²) in [5.41, 5.74) is 2.31. The molecule has 1 atom stereocenters. The molecule has 0 saturated carbocycles. The van der Waals surface area contributed by atoms with E-state index in [1.165, 1.54) is 5.56 Å². The van der Waals surface area contributed by atoms with Crippen LogP contribution in [0.4, 0.5) is 5.69 Å². The molecule has 0 saturated heterocycles. The lowest BCUT2D eigenvalue weighted by molar-refractivity contribution is -0.119. The molecule has 2 aromatic rings. The van der Waals surface area contributed by atoms with Gasteiger partial charge in [-0.2, -0.15) is 4.98 Å². The smallest absolute Gasteiger partial charge is 0.227 e. The van der Waals surface area contributed by atoms with Crippen LogP contribution in [0.15, 0.2) is 28.8 Å². The highest BCUT2D eigenvalue weighted by atomic mass is 16.5. The van der Waals surface area contributed by atoms with Crippen LogP contribution in [0.1, 0.15) is 37.0 Å². The predicted octanol–water partition coefficient (Wildman–Crippen LogP) is 2.68. The number of para-hydroxylation sites is 1. The minimum atomic E-state index is 0.170. The van der Waals surface area contributed by atoms with Crippen molar-refractivity contribution in [2.45, 2.75) is 45.6 Å². The van der Waals surface area contributed by atoms with Gasteiger partial charge in [0, 0.05) is 24.6 Å². The molecule has 1 aliphatic rings. The van der Waals surface area contributed by atoms with Gasteiger partial charge in [0.2, 0.25) is 11.8 Å². The summed E-state index contributed by atoms with van der Waals surface area (Å²) < 4.78 is 5.06. The van der Waals surface area contributed by atoms with Crippen molar-refractivity contribution in [1.82, 2.24) is 10.1 Å². The van der Waals surface area contributed by atoms with Gasteiger partial charge in [-0.05, 0) is 38.3 Å². The number of carbonyl (C=O) groups is 1. The summed E-state index contributed by atoms with van der Waals surface area (Å²) in [6, 6.07) is 8.37. The highest BCUT2D eigenvalue weighted by Gasteiger charge is 2.29. The molecule has 0 aliphatic carbocycles. The Morgan fingerprint density at radius 1 is 1.43 bits per heavy atom. The second-order valence-corrected chi connectivity index (χ2v) is 5.53. The Hall–Kier alpha value is -2.17. The third-order valence-electron chi connectivity index (χ3n) is 3.83. The van der Waals surface area contributed by atoms with Crippen LogP contribution in [0.3, 0.4) is 0 Å². The van der Waals surface area contributed by atoms with Crippen LogP contribution in [0, 0.1) is 6.92 Å². The van der Waals surface area contributed by atoms with E-state index in [0.717, 1.165) is 18.5 Å². The normalized spacial score (nSPS) is 17.0. The van der Waals surface area contributed by atoms with Crippen molar-refractivity contribution in [3.05, 3.63) is 41.5 Å². The fraction of sp³-hybridized carbons (Fsp3) is 0.438. The third-order valence-corrected chi connectivity index (χ3v) is 3.83. The number of fused-ring (bicyclic) bond motifs is 1. The fourth-order valence-electron chi connectivity index (χ4n) is 2.90. The number of rotatable bonds is 4. The van der Waals surface area contributed by atoms with E-state index in [1.807, 2.05) is 23.1 Å². The number of hydrogen-bond donors (Lipinski definition) is 0. The molecule has 2 heterocycles. The van der Waals surface area contributed by atoms with Crippen molar-refractivity contribution >= 4 is 11.6 Å². The zero-order chi connectivity index (χ0) is 14.8. The number of carbonyl (C=O) groups excluding carboxylic acids is 1. The number of aromatic nitrogens is 2. The average molecular weight is 285 g/mol. The summed E-state index contributed by atoms with van der Waals surface area (Å²) in [6.07, 6.45) is 2.81. The van der Waals surface area contributed by atoms with Crippen molar-refractivity contribution in [1.29, 1.82) is 0 Å². The Bertz CT molecular complexity index is 650. The van der Waals surface area contributed by atoms with Crippen molar-refractivity contribution in [3.8, 4) is 0 Å². The lowest BCUT2D eigenvalue weighted by Crippen LogP contribution is -2.35. The van der Waals surface area contributed by atoms with Gasteiger partial charge in [0.25, 0.3) is 0 Å². The molecular formula is C16H19N3O2. The van der Waals surface area contributed by atoms with Crippen LogP contribution >= 0.6 is 0 Å². The molecule has 0 radical (unpaired) electrons. The summed E-state index contributed by atoms with van der Waals surface area (Å²) in [5, 5.41) is 3.75. The average Bonchev–Trinajstić information content (AvgIpc) is 3.01. The van der Waals surface area contributed by atoms with Crippen LogP contribution in [0.5, 0.6) is 0 Å². The minimum Gasteiger partial charge on any atom is -0.339 e. The van der Waals surface area contributed by atoms with Gasteiger partial charge in [-0.15, -0.1) is 0 Å². The molecule has 1 aliphatic heterocycles. The number of amides is 1. The zero-order valence-corrected chi connectivity index (χ0v) is 12.4. The van der Waals surface area contributed by atoms with Gasteiger partial charge >= 0.3 is 0 Å². The van der Waals surface area contributed by atoms with Gasteiger partial charge in [-0.25, -0.2) is 0 Å². The van der Waals surface area contributed by atoms with Crippen molar-refractivity contribution in [2.75, 3.05) is 4.90 Å². The summed E-state index contributed by atoms with van der Waals surface area (Å²) in [4.78, 5) is 18.6. The standard InChI is InChI=1S/C16H19N3O2/c1-11-10-13-6-3-4-7-14(13)19(11)16(20)9-5-8-15-17-12(2)18-21-15/h3-4,6-7,11H,5,8-10H2,1-2H3/t11-/m1/s1. The maximum Gasteiger partial charge on any atom is 0.227 e. The fourth-order valence-corrected chi connectivity index (χ4v) is 2.90. The van der Waals surface area contributed by atoms with Crippen LogP contribution in [0.2, 0.25) is 0 Å². The second-order valence-electron chi connectivity index (χ2n) is 5.53. The molecule has 1 amide bonds. The minimum absolute atomic E-state index is 0.170. The zero-order valence-electron chi connectivity index (χ0n) is 12.4. The van der Waals surface area contributed by atoms with Crippen LogP contribution in [0.25, 0.3) is 0 Å². The molecule has 0 spiro atoms. The molecule has 5 nitrogen and oxygen atoms in total. The third kappa shape index (κ3) is 2.82. The van der Waals surface area contributed by atoms with Crippen LogP contribution < -0.4 is 4.90 Å².